The third kappa shape index (κ3) is 1.11. The molecule has 3 N–H and O–H groups in total. The molecule has 54 valence electrons. The summed E-state index contributed by atoms with van der Waals surface area (Å²) >= 11 is 0. The minimum Gasteiger partial charge on any atom is -0.363 e. The molecule has 1 aromatic rings. The molecule has 1 aromatic heterocycles. The van der Waals surface area contributed by atoms with E-state index in [2.05, 4.69) is 11.6 Å². The van der Waals surface area contributed by atoms with Crippen LogP contribution in [-0.4, -0.2) is 4.98 Å². The molecule has 0 saturated carbocycles. The van der Waals surface area contributed by atoms with E-state index in [0.29, 0.717) is 6.54 Å². The van der Waals surface area contributed by atoms with Gasteiger partial charge in [0.1, 0.15) is 0 Å². The fourth-order valence-electron chi connectivity index (χ4n) is 0.973. The molecule has 0 amide bonds. The van der Waals surface area contributed by atoms with E-state index in [1.807, 2.05) is 19.2 Å². The molecular weight excluding hydrogens is 124 g/mol. The first-order valence-electron chi connectivity index (χ1n) is 3.28. The van der Waals surface area contributed by atoms with Gasteiger partial charge in [-0.3, -0.25) is 0 Å². The number of rotatable bonds is 2. The van der Waals surface area contributed by atoms with Crippen LogP contribution in [0.25, 0.3) is 5.57 Å². The first-order valence-corrected chi connectivity index (χ1v) is 3.28. The predicted octanol–water partition coefficient (Wildman–Crippen LogP) is 1.51. The van der Waals surface area contributed by atoms with Gasteiger partial charge in [-0.05, 0) is 24.1 Å². The Labute approximate surface area is 60.8 Å². The third-order valence-electron chi connectivity index (χ3n) is 1.50. The van der Waals surface area contributed by atoms with Crippen LogP contribution in [0.4, 0.5) is 0 Å². The van der Waals surface area contributed by atoms with Crippen molar-refractivity contribution in [2.24, 2.45) is 5.73 Å². The van der Waals surface area contributed by atoms with Gasteiger partial charge in [0.25, 0.3) is 0 Å². The fourth-order valence-corrected chi connectivity index (χ4v) is 0.973. The van der Waals surface area contributed by atoms with Gasteiger partial charge in [0.2, 0.25) is 0 Å². The standard InChI is InChI=1S/C8H12N2/c1-6(2)7-3-4-10-8(7)5-9/h3-4,10H,1,5,9H2,2H3. The molecule has 1 rings (SSSR count). The van der Waals surface area contributed by atoms with Crippen molar-refractivity contribution in [1.29, 1.82) is 0 Å². The molecule has 2 nitrogen and oxygen atoms in total. The largest absolute Gasteiger partial charge is 0.363 e. The van der Waals surface area contributed by atoms with Gasteiger partial charge in [0.05, 0.1) is 0 Å². The second-order valence-corrected chi connectivity index (χ2v) is 2.35. The Balaban J connectivity index is 3.01. The Morgan fingerprint density at radius 2 is 2.50 bits per heavy atom. The highest BCUT2D eigenvalue weighted by molar-refractivity contribution is 5.63. The summed E-state index contributed by atoms with van der Waals surface area (Å²) in [5, 5.41) is 0. The number of hydrogen-bond acceptors (Lipinski definition) is 1. The van der Waals surface area contributed by atoms with Crippen LogP contribution < -0.4 is 5.73 Å². The monoisotopic (exact) mass is 136 g/mol. The number of aromatic amines is 1. The Morgan fingerprint density at radius 1 is 1.80 bits per heavy atom. The summed E-state index contributed by atoms with van der Waals surface area (Å²) < 4.78 is 0. The quantitative estimate of drug-likeness (QED) is 0.635. The summed E-state index contributed by atoms with van der Waals surface area (Å²) in [6.45, 7) is 6.36. The second-order valence-electron chi connectivity index (χ2n) is 2.35. The van der Waals surface area contributed by atoms with Gasteiger partial charge >= 0.3 is 0 Å². The summed E-state index contributed by atoms with van der Waals surface area (Å²) in [6, 6.07) is 1.99. The maximum atomic E-state index is 5.46. The number of hydrogen-bond donors (Lipinski definition) is 2. The lowest BCUT2D eigenvalue weighted by Gasteiger charge is -1.97. The van der Waals surface area contributed by atoms with Crippen LogP contribution in [0.2, 0.25) is 0 Å². The van der Waals surface area contributed by atoms with Crippen molar-refractivity contribution >= 4 is 5.57 Å². The molecule has 0 aliphatic carbocycles. The lowest BCUT2D eigenvalue weighted by atomic mass is 10.1. The molecule has 0 aliphatic rings. The Morgan fingerprint density at radius 3 is 2.90 bits per heavy atom. The summed E-state index contributed by atoms with van der Waals surface area (Å²) in [5.74, 6) is 0. The van der Waals surface area contributed by atoms with Gasteiger partial charge in [-0.25, -0.2) is 0 Å². The average Bonchev–Trinajstić information content (AvgIpc) is 2.33. The highest BCUT2D eigenvalue weighted by Gasteiger charge is 1.99. The molecule has 0 fully saturated rings. The highest BCUT2D eigenvalue weighted by atomic mass is 14.7. The smallest absolute Gasteiger partial charge is 0.0361 e. The Kier molecular flexibility index (Phi) is 1.92. The highest BCUT2D eigenvalue weighted by Crippen LogP contribution is 2.14. The minimum atomic E-state index is 0.551. The molecule has 0 radical (unpaired) electrons. The summed E-state index contributed by atoms with van der Waals surface area (Å²) in [7, 11) is 0. The van der Waals surface area contributed by atoms with Crippen molar-refractivity contribution in [3.05, 3.63) is 30.1 Å². The number of aromatic nitrogens is 1. The van der Waals surface area contributed by atoms with Crippen LogP contribution in [0.3, 0.4) is 0 Å². The van der Waals surface area contributed by atoms with Crippen LogP contribution in [0.5, 0.6) is 0 Å². The van der Waals surface area contributed by atoms with Gasteiger partial charge < -0.3 is 10.7 Å². The lowest BCUT2D eigenvalue weighted by molar-refractivity contribution is 1.01. The predicted molar refractivity (Wildman–Crippen MR) is 43.4 cm³/mol. The number of nitrogens with two attached hydrogens (primary N) is 1. The van der Waals surface area contributed by atoms with E-state index in [4.69, 9.17) is 5.73 Å². The SMILES string of the molecule is C=C(C)c1cc[nH]c1CN. The van der Waals surface area contributed by atoms with Crippen LogP contribution >= 0.6 is 0 Å². The second kappa shape index (κ2) is 2.71. The van der Waals surface area contributed by atoms with Crippen molar-refractivity contribution in [2.75, 3.05) is 0 Å². The molecule has 0 spiro atoms. The van der Waals surface area contributed by atoms with Crippen molar-refractivity contribution in [3.63, 3.8) is 0 Å². The third-order valence-corrected chi connectivity index (χ3v) is 1.50. The van der Waals surface area contributed by atoms with Gasteiger partial charge in [-0.2, -0.15) is 0 Å². The summed E-state index contributed by atoms with van der Waals surface area (Å²) in [6.07, 6.45) is 1.88. The zero-order valence-corrected chi connectivity index (χ0v) is 6.15. The molecule has 10 heavy (non-hydrogen) atoms. The van der Waals surface area contributed by atoms with E-state index in [1.165, 1.54) is 0 Å². The van der Waals surface area contributed by atoms with Crippen LogP contribution in [-0.2, 0) is 6.54 Å². The molecule has 0 atom stereocenters. The summed E-state index contributed by atoms with van der Waals surface area (Å²) in [4.78, 5) is 3.05. The first-order chi connectivity index (χ1) is 4.75. The van der Waals surface area contributed by atoms with Gasteiger partial charge in [-0.15, -0.1) is 0 Å². The molecule has 0 unspecified atom stereocenters. The molecule has 2 heteroatoms. The van der Waals surface area contributed by atoms with E-state index < -0.39 is 0 Å². The zero-order valence-electron chi connectivity index (χ0n) is 6.15. The lowest BCUT2D eigenvalue weighted by Crippen LogP contribution is -1.98. The molecule has 0 aliphatic heterocycles. The first kappa shape index (κ1) is 7.09. The van der Waals surface area contributed by atoms with Crippen LogP contribution in [0.1, 0.15) is 18.2 Å². The van der Waals surface area contributed by atoms with Crippen molar-refractivity contribution in [1.82, 2.24) is 4.98 Å². The van der Waals surface area contributed by atoms with E-state index in [1.54, 1.807) is 0 Å². The molecule has 0 aromatic carbocycles. The van der Waals surface area contributed by atoms with E-state index in [0.717, 1.165) is 16.8 Å². The number of nitrogens with one attached hydrogen (secondary N) is 1. The van der Waals surface area contributed by atoms with Crippen molar-refractivity contribution in [2.45, 2.75) is 13.5 Å². The average molecular weight is 136 g/mol. The fraction of sp³-hybridized carbons (Fsp3) is 0.250. The van der Waals surface area contributed by atoms with Crippen LogP contribution in [0.15, 0.2) is 18.8 Å². The summed E-state index contributed by atoms with van der Waals surface area (Å²) in [5.41, 5.74) is 8.72. The van der Waals surface area contributed by atoms with Gasteiger partial charge in [0, 0.05) is 18.4 Å². The van der Waals surface area contributed by atoms with Crippen LogP contribution in [0, 0.1) is 0 Å². The van der Waals surface area contributed by atoms with Crippen molar-refractivity contribution < 1.29 is 0 Å². The zero-order chi connectivity index (χ0) is 7.56. The van der Waals surface area contributed by atoms with E-state index in [-0.39, 0.29) is 0 Å². The Bertz CT molecular complexity index is 235. The van der Waals surface area contributed by atoms with E-state index >= 15 is 0 Å². The van der Waals surface area contributed by atoms with Gasteiger partial charge in [-0.1, -0.05) is 6.58 Å². The molecular formula is C8H12N2. The molecule has 0 bridgehead atoms. The maximum Gasteiger partial charge on any atom is 0.0361 e. The molecule has 1 heterocycles. The minimum absolute atomic E-state index is 0.551. The number of H-pyrrole nitrogens is 1. The molecule has 0 saturated heterocycles. The normalized spacial score (nSPS) is 9.80. The Hall–Kier alpha value is -1.02. The number of allylic oxidation sites excluding steroid dienone is 1. The maximum absolute atomic E-state index is 5.46. The van der Waals surface area contributed by atoms with Crippen molar-refractivity contribution in [3.8, 4) is 0 Å². The van der Waals surface area contributed by atoms with Gasteiger partial charge in [0.15, 0.2) is 0 Å². The van der Waals surface area contributed by atoms with E-state index in [9.17, 15) is 0 Å². The topological polar surface area (TPSA) is 41.8 Å².